The number of Topliss-reactive ketones (excluding diaryl/α,β-unsaturated/α-hetero) is 2. The van der Waals surface area contributed by atoms with E-state index >= 15 is 0 Å². The molecule has 24 heavy (non-hydrogen) atoms. The van der Waals surface area contributed by atoms with Gasteiger partial charge >= 0.3 is 11.9 Å². The van der Waals surface area contributed by atoms with E-state index in [0.717, 1.165) is 38.5 Å². The van der Waals surface area contributed by atoms with Gasteiger partial charge in [-0.3, -0.25) is 19.2 Å². The maximum absolute atomic E-state index is 11.5. The second-order valence-corrected chi connectivity index (χ2v) is 5.66. The monoisotopic (exact) mass is 342 g/mol. The Labute approximate surface area is 144 Å². The van der Waals surface area contributed by atoms with E-state index in [1.165, 1.54) is 0 Å². The topological polar surface area (TPSA) is 86.7 Å². The Kier molecular flexibility index (Phi) is 13.8. The average molecular weight is 342 g/mol. The Hall–Kier alpha value is -1.72. The zero-order valence-electron chi connectivity index (χ0n) is 14.9. The molecule has 138 valence electrons. The zero-order valence-corrected chi connectivity index (χ0v) is 14.9. The summed E-state index contributed by atoms with van der Waals surface area (Å²) < 4.78 is 9.45. The van der Waals surface area contributed by atoms with E-state index in [-0.39, 0.29) is 24.4 Å². The predicted octanol–water partition coefficient (Wildman–Crippen LogP) is 3.15. The molecule has 6 heteroatoms. The molecule has 0 aromatic heterocycles. The van der Waals surface area contributed by atoms with Gasteiger partial charge in [-0.2, -0.15) is 0 Å². The zero-order chi connectivity index (χ0) is 18.2. The Bertz CT molecular complexity index is 364. The summed E-state index contributed by atoms with van der Waals surface area (Å²) >= 11 is 0. The first-order chi connectivity index (χ1) is 11.5. The highest BCUT2D eigenvalue weighted by molar-refractivity contribution is 5.95. The van der Waals surface area contributed by atoms with Gasteiger partial charge in [0, 0.05) is 12.8 Å². The molecule has 0 amide bonds. The van der Waals surface area contributed by atoms with Crippen molar-refractivity contribution in [3.05, 3.63) is 0 Å². The highest BCUT2D eigenvalue weighted by Gasteiger charge is 2.10. The van der Waals surface area contributed by atoms with Crippen molar-refractivity contribution in [2.24, 2.45) is 0 Å². The van der Waals surface area contributed by atoms with Gasteiger partial charge in [0.15, 0.2) is 0 Å². The number of ketones is 2. The molecule has 6 nitrogen and oxygen atoms in total. The first-order valence-electron chi connectivity index (χ1n) is 8.84. The second kappa shape index (κ2) is 14.8. The molecule has 0 N–H and O–H groups in total. The summed E-state index contributed by atoms with van der Waals surface area (Å²) in [7, 11) is 0. The summed E-state index contributed by atoms with van der Waals surface area (Å²) in [5, 5.41) is 0. The van der Waals surface area contributed by atoms with Crippen LogP contribution in [0.1, 0.15) is 78.1 Å². The van der Waals surface area contributed by atoms with Crippen LogP contribution < -0.4 is 0 Å². The van der Waals surface area contributed by atoms with Crippen LogP contribution in [0.5, 0.6) is 0 Å². The molecule has 0 unspecified atom stereocenters. The highest BCUT2D eigenvalue weighted by Crippen LogP contribution is 2.10. The first kappa shape index (κ1) is 22.3. The van der Waals surface area contributed by atoms with Crippen molar-refractivity contribution in [3.63, 3.8) is 0 Å². The number of ether oxygens (including phenoxy) is 2. The lowest BCUT2D eigenvalue weighted by Crippen LogP contribution is -2.11. The Morgan fingerprint density at radius 2 is 0.917 bits per heavy atom. The molecule has 0 spiro atoms. The maximum atomic E-state index is 11.5. The van der Waals surface area contributed by atoms with Gasteiger partial charge in [-0.15, -0.1) is 0 Å². The van der Waals surface area contributed by atoms with Gasteiger partial charge < -0.3 is 9.47 Å². The third-order valence-electron chi connectivity index (χ3n) is 3.45. The van der Waals surface area contributed by atoms with Crippen molar-refractivity contribution in [1.29, 1.82) is 0 Å². The van der Waals surface area contributed by atoms with Crippen LogP contribution in [0.4, 0.5) is 0 Å². The van der Waals surface area contributed by atoms with Gasteiger partial charge in [0.05, 0.1) is 13.2 Å². The summed E-state index contributed by atoms with van der Waals surface area (Å²) in [4.78, 5) is 45.2. The molecule has 0 aliphatic carbocycles. The molecule has 0 bridgehead atoms. The first-order valence-corrected chi connectivity index (χ1v) is 8.84. The third kappa shape index (κ3) is 13.9. The van der Waals surface area contributed by atoms with Gasteiger partial charge in [0.1, 0.15) is 24.4 Å². The largest absolute Gasteiger partial charge is 0.466 e. The number of rotatable bonds is 15. The minimum absolute atomic E-state index is 0.0713. The molecule has 0 radical (unpaired) electrons. The molecule has 0 aliphatic rings. The Morgan fingerprint density at radius 1 is 0.583 bits per heavy atom. The van der Waals surface area contributed by atoms with Crippen molar-refractivity contribution in [2.75, 3.05) is 13.2 Å². The number of hydrogen-bond donors (Lipinski definition) is 0. The van der Waals surface area contributed by atoms with Gasteiger partial charge in [0.2, 0.25) is 0 Å². The third-order valence-corrected chi connectivity index (χ3v) is 3.45. The van der Waals surface area contributed by atoms with E-state index in [4.69, 9.17) is 9.47 Å². The highest BCUT2D eigenvalue weighted by atomic mass is 16.5. The van der Waals surface area contributed by atoms with E-state index in [2.05, 4.69) is 0 Å². The fourth-order valence-corrected chi connectivity index (χ4v) is 2.27. The van der Waals surface area contributed by atoms with Gasteiger partial charge in [-0.1, -0.05) is 25.7 Å². The van der Waals surface area contributed by atoms with Crippen LogP contribution in [-0.2, 0) is 28.7 Å². The number of hydrogen-bond acceptors (Lipinski definition) is 6. The van der Waals surface area contributed by atoms with Crippen molar-refractivity contribution >= 4 is 23.5 Å². The van der Waals surface area contributed by atoms with Crippen LogP contribution in [0.15, 0.2) is 0 Å². The minimum Gasteiger partial charge on any atom is -0.466 e. The normalized spacial score (nSPS) is 10.2. The lowest BCUT2D eigenvalue weighted by molar-refractivity contribution is -0.147. The average Bonchev–Trinajstić information content (AvgIpc) is 2.50. The van der Waals surface area contributed by atoms with Gasteiger partial charge in [-0.05, 0) is 26.7 Å². The van der Waals surface area contributed by atoms with Gasteiger partial charge in [0.25, 0.3) is 0 Å². The molecule has 0 atom stereocenters. The molecule has 0 fully saturated rings. The molecule has 0 aromatic carbocycles. The van der Waals surface area contributed by atoms with Crippen LogP contribution in [0.3, 0.4) is 0 Å². The Balaban J connectivity index is 3.45. The van der Waals surface area contributed by atoms with E-state index in [1.54, 1.807) is 13.8 Å². The summed E-state index contributed by atoms with van der Waals surface area (Å²) in [6.45, 7) is 4.03. The molecule has 0 rings (SSSR count). The summed E-state index contributed by atoms with van der Waals surface area (Å²) in [6, 6.07) is 0. The molecule has 0 aliphatic heterocycles. The van der Waals surface area contributed by atoms with Crippen molar-refractivity contribution in [2.45, 2.75) is 78.1 Å². The van der Waals surface area contributed by atoms with E-state index in [9.17, 15) is 19.2 Å². The number of esters is 2. The van der Waals surface area contributed by atoms with Gasteiger partial charge in [-0.25, -0.2) is 0 Å². The van der Waals surface area contributed by atoms with Crippen LogP contribution in [-0.4, -0.2) is 36.7 Å². The Morgan fingerprint density at radius 3 is 1.25 bits per heavy atom. The van der Waals surface area contributed by atoms with Crippen LogP contribution in [0, 0.1) is 0 Å². The fourth-order valence-electron chi connectivity index (χ4n) is 2.27. The lowest BCUT2D eigenvalue weighted by atomic mass is 10.0. The molecule has 0 saturated carbocycles. The van der Waals surface area contributed by atoms with Crippen molar-refractivity contribution in [1.82, 2.24) is 0 Å². The lowest BCUT2D eigenvalue weighted by Gasteiger charge is -2.03. The smallest absolute Gasteiger partial charge is 0.313 e. The molecule has 0 heterocycles. The predicted molar refractivity (Wildman–Crippen MR) is 89.5 cm³/mol. The van der Waals surface area contributed by atoms with E-state index < -0.39 is 11.9 Å². The van der Waals surface area contributed by atoms with E-state index in [0.29, 0.717) is 26.1 Å². The number of carbonyl (C=O) groups excluding carboxylic acids is 4. The summed E-state index contributed by atoms with van der Waals surface area (Å²) in [6.07, 6.45) is 5.99. The molecular formula is C18H30O6. The van der Waals surface area contributed by atoms with Crippen LogP contribution >= 0.6 is 0 Å². The van der Waals surface area contributed by atoms with Crippen molar-refractivity contribution in [3.8, 4) is 0 Å². The summed E-state index contributed by atoms with van der Waals surface area (Å²) in [5.41, 5.74) is 0. The maximum Gasteiger partial charge on any atom is 0.313 e. The minimum atomic E-state index is -0.449. The SMILES string of the molecule is CCOC(=O)CC(=O)CCCCCCCCC(=O)CC(=O)OCC. The number of unbranched alkanes of at least 4 members (excludes halogenated alkanes) is 5. The fraction of sp³-hybridized carbons (Fsp3) is 0.778. The molecular weight excluding hydrogens is 312 g/mol. The van der Waals surface area contributed by atoms with E-state index in [1.807, 2.05) is 0 Å². The van der Waals surface area contributed by atoms with Crippen LogP contribution in [0.2, 0.25) is 0 Å². The summed E-state index contributed by atoms with van der Waals surface area (Å²) in [5.74, 6) is -1.04. The van der Waals surface area contributed by atoms with Crippen molar-refractivity contribution < 1.29 is 28.7 Å². The second-order valence-electron chi connectivity index (χ2n) is 5.66. The molecule has 0 saturated heterocycles. The number of carbonyl (C=O) groups is 4. The van der Waals surface area contributed by atoms with Crippen LogP contribution in [0.25, 0.3) is 0 Å². The standard InChI is InChI=1S/C18H30O6/c1-3-23-17(21)13-15(19)11-9-7-5-6-8-10-12-16(20)14-18(22)24-4-2/h3-14H2,1-2H3. The quantitative estimate of drug-likeness (QED) is 0.258. The molecule has 0 aromatic rings.